The Bertz CT molecular complexity index is 174. The highest BCUT2D eigenvalue weighted by atomic mass is 16.4. The molecule has 68 valence electrons. The minimum atomic E-state index is -1.37. The maximum atomic E-state index is 10.5. The molecule has 0 aromatic carbocycles. The van der Waals surface area contributed by atoms with Crippen LogP contribution in [0.2, 0.25) is 0 Å². The van der Waals surface area contributed by atoms with E-state index in [0.29, 0.717) is 12.8 Å². The van der Waals surface area contributed by atoms with Crippen LogP contribution in [-0.4, -0.2) is 23.1 Å². The van der Waals surface area contributed by atoms with Gasteiger partial charge in [-0.2, -0.15) is 0 Å². The lowest BCUT2D eigenvalue weighted by molar-refractivity contribution is -0.149. The highest BCUT2D eigenvalue weighted by Gasteiger charge is 2.09. The van der Waals surface area contributed by atoms with Crippen LogP contribution in [0.3, 0.4) is 0 Å². The number of carbonyl (C=O) groups is 3. The molecule has 0 aliphatic heterocycles. The van der Waals surface area contributed by atoms with E-state index in [4.69, 9.17) is 5.11 Å². The van der Waals surface area contributed by atoms with Gasteiger partial charge in [0.05, 0.1) is 0 Å². The van der Waals surface area contributed by atoms with E-state index in [2.05, 4.69) is 0 Å². The Morgan fingerprint density at radius 1 is 1.17 bits per heavy atom. The maximum absolute atomic E-state index is 10.5. The summed E-state index contributed by atoms with van der Waals surface area (Å²) in [6.07, 6.45) is 3.40. The molecule has 0 unspecified atom stereocenters. The standard InChI is InChI=1S/C8H12O4/c9-6-4-2-1-3-5-7(10)8(11)12/h6H,1-5H2,(H,11,12). The van der Waals surface area contributed by atoms with Crippen molar-refractivity contribution in [3.05, 3.63) is 0 Å². The molecule has 4 heteroatoms. The Kier molecular flexibility index (Phi) is 5.87. The van der Waals surface area contributed by atoms with Crippen molar-refractivity contribution in [2.75, 3.05) is 0 Å². The van der Waals surface area contributed by atoms with Crippen LogP contribution < -0.4 is 0 Å². The second kappa shape index (κ2) is 6.52. The molecule has 4 nitrogen and oxygen atoms in total. The zero-order valence-corrected chi connectivity index (χ0v) is 6.78. The van der Waals surface area contributed by atoms with Crippen LogP contribution in [0, 0.1) is 0 Å². The molecular weight excluding hydrogens is 160 g/mol. The van der Waals surface area contributed by atoms with Crippen LogP contribution >= 0.6 is 0 Å². The van der Waals surface area contributed by atoms with Gasteiger partial charge in [-0.05, 0) is 12.8 Å². The number of hydrogen-bond acceptors (Lipinski definition) is 3. The fourth-order valence-corrected chi connectivity index (χ4v) is 0.797. The molecule has 0 aromatic heterocycles. The highest BCUT2D eigenvalue weighted by molar-refractivity contribution is 6.32. The Morgan fingerprint density at radius 2 is 1.83 bits per heavy atom. The largest absolute Gasteiger partial charge is 0.476 e. The van der Waals surface area contributed by atoms with Crippen LogP contribution in [-0.2, 0) is 14.4 Å². The number of carboxylic acids is 1. The molecule has 0 heterocycles. The van der Waals surface area contributed by atoms with E-state index < -0.39 is 11.8 Å². The molecule has 0 aliphatic carbocycles. The Hall–Kier alpha value is -1.19. The number of unbranched alkanes of at least 4 members (excludes halogenated alkanes) is 3. The summed E-state index contributed by atoms with van der Waals surface area (Å²) in [5.74, 6) is -2.12. The number of rotatable bonds is 7. The predicted octanol–water partition coefficient (Wildman–Crippen LogP) is 0.789. The fourth-order valence-electron chi connectivity index (χ4n) is 0.797. The molecule has 0 spiro atoms. The summed E-state index contributed by atoms with van der Waals surface area (Å²) in [7, 11) is 0. The van der Waals surface area contributed by atoms with Gasteiger partial charge in [0, 0.05) is 12.8 Å². The predicted molar refractivity (Wildman–Crippen MR) is 41.8 cm³/mol. The van der Waals surface area contributed by atoms with E-state index in [1.54, 1.807) is 0 Å². The van der Waals surface area contributed by atoms with Crippen molar-refractivity contribution in [3.63, 3.8) is 0 Å². The molecule has 0 saturated carbocycles. The van der Waals surface area contributed by atoms with Crippen molar-refractivity contribution < 1.29 is 19.5 Å². The lowest BCUT2D eigenvalue weighted by Gasteiger charge is -1.94. The minimum absolute atomic E-state index is 0.0776. The molecule has 0 saturated heterocycles. The molecule has 0 atom stereocenters. The maximum Gasteiger partial charge on any atom is 0.372 e. The Morgan fingerprint density at radius 3 is 2.33 bits per heavy atom. The van der Waals surface area contributed by atoms with Gasteiger partial charge in [0.25, 0.3) is 0 Å². The summed E-state index contributed by atoms with van der Waals surface area (Å²) in [5, 5.41) is 8.18. The van der Waals surface area contributed by atoms with Gasteiger partial charge < -0.3 is 9.90 Å². The van der Waals surface area contributed by atoms with Gasteiger partial charge >= 0.3 is 5.97 Å². The third-order valence-electron chi connectivity index (χ3n) is 1.46. The Balaban J connectivity index is 3.25. The first-order valence-corrected chi connectivity index (χ1v) is 3.88. The second-order valence-electron chi connectivity index (χ2n) is 2.49. The monoisotopic (exact) mass is 172 g/mol. The average Bonchev–Trinajstić information content (AvgIpc) is 2.03. The summed E-state index contributed by atoms with van der Waals surface area (Å²) in [6, 6.07) is 0. The molecule has 12 heavy (non-hydrogen) atoms. The topological polar surface area (TPSA) is 71.4 Å². The molecule has 1 N–H and O–H groups in total. The molecular formula is C8H12O4. The number of carbonyl (C=O) groups excluding carboxylic acids is 2. The lowest BCUT2D eigenvalue weighted by atomic mass is 10.1. The fraction of sp³-hybridized carbons (Fsp3) is 0.625. The number of hydrogen-bond donors (Lipinski definition) is 1. The van der Waals surface area contributed by atoms with E-state index in [1.165, 1.54) is 0 Å². The van der Waals surface area contributed by atoms with Crippen molar-refractivity contribution in [3.8, 4) is 0 Å². The number of Topliss-reactive ketones (excluding diaryl/α,β-unsaturated/α-hetero) is 1. The summed E-state index contributed by atoms with van der Waals surface area (Å²) in [4.78, 5) is 30.4. The van der Waals surface area contributed by atoms with Crippen LogP contribution in [0.4, 0.5) is 0 Å². The van der Waals surface area contributed by atoms with Crippen LogP contribution in [0.1, 0.15) is 32.1 Å². The van der Waals surface area contributed by atoms with Crippen molar-refractivity contribution in [1.29, 1.82) is 0 Å². The minimum Gasteiger partial charge on any atom is -0.476 e. The summed E-state index contributed by atoms with van der Waals surface area (Å²) in [6.45, 7) is 0. The van der Waals surface area contributed by atoms with Gasteiger partial charge in [-0.25, -0.2) is 4.79 Å². The molecule has 0 aromatic rings. The van der Waals surface area contributed by atoms with Crippen molar-refractivity contribution >= 4 is 18.0 Å². The van der Waals surface area contributed by atoms with Gasteiger partial charge in [0.15, 0.2) is 0 Å². The quantitative estimate of drug-likeness (QED) is 0.350. The lowest BCUT2D eigenvalue weighted by Crippen LogP contribution is -2.11. The van der Waals surface area contributed by atoms with Gasteiger partial charge in [-0.1, -0.05) is 6.42 Å². The van der Waals surface area contributed by atoms with E-state index in [-0.39, 0.29) is 6.42 Å². The first kappa shape index (κ1) is 10.8. The first-order chi connectivity index (χ1) is 5.68. The Labute approximate surface area is 70.6 Å². The highest BCUT2D eigenvalue weighted by Crippen LogP contribution is 2.02. The van der Waals surface area contributed by atoms with E-state index >= 15 is 0 Å². The van der Waals surface area contributed by atoms with Crippen molar-refractivity contribution in [1.82, 2.24) is 0 Å². The third kappa shape index (κ3) is 5.58. The van der Waals surface area contributed by atoms with Gasteiger partial charge in [0.1, 0.15) is 6.29 Å². The molecule has 0 amide bonds. The summed E-state index contributed by atoms with van der Waals surface area (Å²) < 4.78 is 0. The van der Waals surface area contributed by atoms with E-state index in [9.17, 15) is 14.4 Å². The SMILES string of the molecule is O=CCCCCCC(=O)C(=O)O. The number of aldehydes is 1. The third-order valence-corrected chi connectivity index (χ3v) is 1.46. The van der Waals surface area contributed by atoms with Crippen LogP contribution in [0.15, 0.2) is 0 Å². The second-order valence-corrected chi connectivity index (χ2v) is 2.49. The first-order valence-electron chi connectivity index (χ1n) is 3.88. The zero-order valence-electron chi connectivity index (χ0n) is 6.78. The number of ketones is 1. The molecule has 0 fully saturated rings. The molecule has 0 bridgehead atoms. The summed E-state index contributed by atoms with van der Waals surface area (Å²) >= 11 is 0. The average molecular weight is 172 g/mol. The van der Waals surface area contributed by atoms with Crippen LogP contribution in [0.5, 0.6) is 0 Å². The van der Waals surface area contributed by atoms with E-state index in [0.717, 1.165) is 19.1 Å². The normalized spacial score (nSPS) is 9.33. The van der Waals surface area contributed by atoms with Crippen LogP contribution in [0.25, 0.3) is 0 Å². The molecule has 0 rings (SSSR count). The van der Waals surface area contributed by atoms with Crippen molar-refractivity contribution in [2.45, 2.75) is 32.1 Å². The zero-order chi connectivity index (χ0) is 9.40. The van der Waals surface area contributed by atoms with Crippen molar-refractivity contribution in [2.24, 2.45) is 0 Å². The smallest absolute Gasteiger partial charge is 0.372 e. The number of carboxylic acid groups (broad SMARTS) is 1. The van der Waals surface area contributed by atoms with Gasteiger partial charge in [-0.3, -0.25) is 4.79 Å². The number of aliphatic carboxylic acids is 1. The van der Waals surface area contributed by atoms with Gasteiger partial charge in [-0.15, -0.1) is 0 Å². The molecule has 0 radical (unpaired) electrons. The molecule has 0 aliphatic rings. The van der Waals surface area contributed by atoms with Gasteiger partial charge in [0.2, 0.25) is 5.78 Å². The summed E-state index contributed by atoms with van der Waals surface area (Å²) in [5.41, 5.74) is 0. The van der Waals surface area contributed by atoms with E-state index in [1.807, 2.05) is 0 Å².